The third kappa shape index (κ3) is 3.22. The Morgan fingerprint density at radius 2 is 1.82 bits per heavy atom. The van der Waals surface area contributed by atoms with Crippen LogP contribution in [-0.4, -0.2) is 38.8 Å². The summed E-state index contributed by atoms with van der Waals surface area (Å²) in [4.78, 5) is 14.8. The van der Waals surface area contributed by atoms with Gasteiger partial charge < -0.3 is 4.90 Å². The maximum Gasteiger partial charge on any atom is 0.214 e. The zero-order valence-corrected chi connectivity index (χ0v) is 16.8. The maximum atomic E-state index is 12.7. The van der Waals surface area contributed by atoms with Crippen LogP contribution >= 0.6 is 11.8 Å². The van der Waals surface area contributed by atoms with Gasteiger partial charge in [-0.3, -0.25) is 4.79 Å². The summed E-state index contributed by atoms with van der Waals surface area (Å²) in [6.45, 7) is 4.30. The molecule has 2 heterocycles. The molecule has 6 nitrogen and oxygen atoms in total. The van der Waals surface area contributed by atoms with Gasteiger partial charge in [-0.1, -0.05) is 62.0 Å². The second-order valence-electron chi connectivity index (χ2n) is 7.19. The molecule has 0 unspecified atom stereocenters. The Kier molecular flexibility index (Phi) is 4.77. The fourth-order valence-electron chi connectivity index (χ4n) is 3.59. The van der Waals surface area contributed by atoms with Crippen molar-refractivity contribution in [2.75, 3.05) is 17.7 Å². The summed E-state index contributed by atoms with van der Waals surface area (Å²) in [5.74, 6) is 0.312. The first-order chi connectivity index (χ1) is 13.5. The molecule has 0 radical (unpaired) electrons. The van der Waals surface area contributed by atoms with E-state index in [1.54, 1.807) is 10.8 Å². The van der Waals surface area contributed by atoms with Crippen LogP contribution < -0.4 is 4.90 Å². The van der Waals surface area contributed by atoms with Crippen LogP contribution in [0.2, 0.25) is 0 Å². The van der Waals surface area contributed by atoms with E-state index in [1.807, 2.05) is 49.5 Å². The van der Waals surface area contributed by atoms with Gasteiger partial charge in [0.2, 0.25) is 5.16 Å². The number of para-hydroxylation sites is 2. The third-order valence-corrected chi connectivity index (χ3v) is 5.96. The molecule has 0 amide bonds. The highest BCUT2D eigenvalue weighted by molar-refractivity contribution is 7.99. The van der Waals surface area contributed by atoms with Gasteiger partial charge in [-0.05, 0) is 34.2 Å². The summed E-state index contributed by atoms with van der Waals surface area (Å²) in [5.41, 5.74) is 4.04. The number of benzene rings is 2. The van der Waals surface area contributed by atoms with Crippen molar-refractivity contribution in [3.63, 3.8) is 0 Å². The Labute approximate surface area is 168 Å². The Morgan fingerprint density at radius 3 is 2.57 bits per heavy atom. The minimum absolute atomic E-state index is 0.0374. The molecule has 0 fully saturated rings. The van der Waals surface area contributed by atoms with Gasteiger partial charge in [0.15, 0.2) is 5.78 Å². The summed E-state index contributed by atoms with van der Waals surface area (Å²) in [6, 6.07) is 17.9. The molecule has 2 aromatic carbocycles. The molecule has 7 heteroatoms. The molecule has 0 aliphatic carbocycles. The first-order valence-corrected chi connectivity index (χ1v) is 10.0. The van der Waals surface area contributed by atoms with Crippen LogP contribution in [0, 0.1) is 0 Å². The number of carbonyl (C=O) groups excluding carboxylic acids is 1. The summed E-state index contributed by atoms with van der Waals surface area (Å²) >= 11 is 1.34. The second-order valence-corrected chi connectivity index (χ2v) is 8.14. The molecule has 28 heavy (non-hydrogen) atoms. The molecular weight excluding hydrogens is 370 g/mol. The van der Waals surface area contributed by atoms with Crippen LogP contribution in [0.25, 0.3) is 5.69 Å². The smallest absolute Gasteiger partial charge is 0.214 e. The van der Waals surface area contributed by atoms with E-state index < -0.39 is 0 Å². The van der Waals surface area contributed by atoms with E-state index in [0.29, 0.717) is 5.16 Å². The number of thioether (sulfide) groups is 1. The highest BCUT2D eigenvalue weighted by Crippen LogP contribution is 2.46. The highest BCUT2D eigenvalue weighted by atomic mass is 32.2. The SMILES string of the molecule is CN1/C(=C/C(=O)CSc2nnnn2-c2ccccc2)C(C)(C)c2ccccc21. The minimum Gasteiger partial charge on any atom is -0.347 e. The maximum absolute atomic E-state index is 12.7. The average molecular weight is 392 g/mol. The molecule has 4 rings (SSSR count). The molecular formula is C21H21N5OS. The standard InChI is InChI=1S/C21H21N5OS/c1-21(2)17-11-7-8-12-18(17)25(3)19(21)13-16(27)14-28-20-22-23-24-26(20)15-9-5-4-6-10-15/h4-13H,14H2,1-3H3/b19-13+. The molecule has 0 spiro atoms. The van der Waals surface area contributed by atoms with E-state index in [1.165, 1.54) is 17.3 Å². The number of allylic oxidation sites excluding steroid dienone is 2. The summed E-state index contributed by atoms with van der Waals surface area (Å²) in [6.07, 6.45) is 1.75. The lowest BCUT2D eigenvalue weighted by molar-refractivity contribution is -0.112. The molecule has 142 valence electrons. The number of aromatic nitrogens is 4. The topological polar surface area (TPSA) is 63.9 Å². The Morgan fingerprint density at radius 1 is 1.11 bits per heavy atom. The monoisotopic (exact) mass is 391 g/mol. The number of anilines is 1. The quantitative estimate of drug-likeness (QED) is 0.489. The van der Waals surface area contributed by atoms with Crippen LogP contribution in [0.3, 0.4) is 0 Å². The number of ketones is 1. The molecule has 0 N–H and O–H groups in total. The van der Waals surface area contributed by atoms with E-state index in [0.717, 1.165) is 17.1 Å². The van der Waals surface area contributed by atoms with Gasteiger partial charge in [-0.2, -0.15) is 4.68 Å². The summed E-state index contributed by atoms with van der Waals surface area (Å²) in [7, 11) is 2.01. The van der Waals surface area contributed by atoms with Gasteiger partial charge in [0.1, 0.15) is 0 Å². The molecule has 0 saturated carbocycles. The van der Waals surface area contributed by atoms with Gasteiger partial charge in [-0.25, -0.2) is 0 Å². The van der Waals surface area contributed by atoms with Gasteiger partial charge in [0.05, 0.1) is 11.4 Å². The zero-order valence-electron chi connectivity index (χ0n) is 16.0. The Hall–Kier alpha value is -2.93. The molecule has 0 bridgehead atoms. The fourth-order valence-corrected chi connectivity index (χ4v) is 4.30. The van der Waals surface area contributed by atoms with Crippen LogP contribution in [0.4, 0.5) is 5.69 Å². The molecule has 0 saturated heterocycles. The van der Waals surface area contributed by atoms with Gasteiger partial charge in [0, 0.05) is 29.9 Å². The van der Waals surface area contributed by atoms with E-state index in [9.17, 15) is 4.79 Å². The highest BCUT2D eigenvalue weighted by Gasteiger charge is 2.38. The Balaban J connectivity index is 1.51. The van der Waals surface area contributed by atoms with Crippen molar-refractivity contribution >= 4 is 23.2 Å². The van der Waals surface area contributed by atoms with E-state index >= 15 is 0 Å². The molecule has 0 atom stereocenters. The number of nitrogens with zero attached hydrogens (tertiary/aromatic N) is 5. The van der Waals surface area contributed by atoms with Gasteiger partial charge in [-0.15, -0.1) is 5.10 Å². The minimum atomic E-state index is -0.211. The summed E-state index contributed by atoms with van der Waals surface area (Å²) in [5, 5.41) is 12.4. The van der Waals surface area contributed by atoms with Crippen molar-refractivity contribution in [1.29, 1.82) is 0 Å². The zero-order chi connectivity index (χ0) is 19.7. The number of hydrogen-bond donors (Lipinski definition) is 0. The normalized spacial score (nSPS) is 16.4. The van der Waals surface area contributed by atoms with Crippen molar-refractivity contribution in [3.8, 4) is 5.69 Å². The third-order valence-electron chi connectivity index (χ3n) is 5.02. The number of hydrogen-bond acceptors (Lipinski definition) is 6. The lowest BCUT2D eigenvalue weighted by Crippen LogP contribution is -2.24. The van der Waals surface area contributed by atoms with Crippen molar-refractivity contribution in [1.82, 2.24) is 20.2 Å². The van der Waals surface area contributed by atoms with E-state index in [4.69, 9.17) is 0 Å². The van der Waals surface area contributed by atoms with E-state index in [2.05, 4.69) is 46.4 Å². The fraction of sp³-hybridized carbons (Fsp3) is 0.238. The number of likely N-dealkylation sites (N-methyl/N-ethyl adjacent to an activating group) is 1. The Bertz CT molecular complexity index is 1040. The first kappa shape index (κ1) is 18.4. The van der Waals surface area contributed by atoms with Crippen molar-refractivity contribution in [2.24, 2.45) is 0 Å². The van der Waals surface area contributed by atoms with Crippen molar-refractivity contribution in [2.45, 2.75) is 24.4 Å². The van der Waals surface area contributed by atoms with Gasteiger partial charge in [0.25, 0.3) is 0 Å². The molecule has 1 aliphatic heterocycles. The second kappa shape index (κ2) is 7.24. The summed E-state index contributed by atoms with van der Waals surface area (Å²) < 4.78 is 1.65. The van der Waals surface area contributed by atoms with E-state index in [-0.39, 0.29) is 17.0 Å². The lowest BCUT2D eigenvalue weighted by atomic mass is 9.83. The molecule has 1 aromatic heterocycles. The van der Waals surface area contributed by atoms with Crippen LogP contribution in [0.5, 0.6) is 0 Å². The molecule has 1 aliphatic rings. The first-order valence-electron chi connectivity index (χ1n) is 9.03. The van der Waals surface area contributed by atoms with Crippen LogP contribution in [-0.2, 0) is 10.2 Å². The van der Waals surface area contributed by atoms with Crippen LogP contribution in [0.1, 0.15) is 19.4 Å². The van der Waals surface area contributed by atoms with Crippen molar-refractivity contribution < 1.29 is 4.79 Å². The predicted molar refractivity (Wildman–Crippen MR) is 111 cm³/mol. The molecule has 3 aromatic rings. The number of fused-ring (bicyclic) bond motifs is 1. The van der Waals surface area contributed by atoms with Gasteiger partial charge >= 0.3 is 0 Å². The predicted octanol–water partition coefficient (Wildman–Crippen LogP) is 3.64. The number of tetrazole rings is 1. The largest absolute Gasteiger partial charge is 0.347 e. The number of rotatable bonds is 5. The van der Waals surface area contributed by atoms with Crippen LogP contribution in [0.15, 0.2) is 71.5 Å². The number of carbonyl (C=O) groups is 1. The van der Waals surface area contributed by atoms with Crippen molar-refractivity contribution in [3.05, 3.63) is 71.9 Å². The lowest BCUT2D eigenvalue weighted by Gasteiger charge is -2.23. The average Bonchev–Trinajstić information content (AvgIpc) is 3.25.